The maximum Gasteiger partial charge on any atom is 0.236 e. The van der Waals surface area contributed by atoms with Crippen LogP contribution in [0.25, 0.3) is 0 Å². The molecule has 1 heterocycles. The van der Waals surface area contributed by atoms with Crippen LogP contribution in [-0.2, 0) is 4.79 Å². The van der Waals surface area contributed by atoms with Crippen molar-refractivity contribution in [2.75, 3.05) is 18.0 Å². The molecular weight excluding hydrogens is 240 g/mol. The molecule has 0 fully saturated rings. The smallest absolute Gasteiger partial charge is 0.236 e. The highest BCUT2D eigenvalue weighted by Crippen LogP contribution is 2.30. The SMILES string of the molecule is CCN(CC(N)=O)c1ncnc(Cl)c1C(C)C. The summed E-state index contributed by atoms with van der Waals surface area (Å²) in [6.07, 6.45) is 1.40. The van der Waals surface area contributed by atoms with Gasteiger partial charge in [-0.3, -0.25) is 4.79 Å². The van der Waals surface area contributed by atoms with Gasteiger partial charge >= 0.3 is 0 Å². The van der Waals surface area contributed by atoms with Gasteiger partial charge in [0.25, 0.3) is 0 Å². The lowest BCUT2D eigenvalue weighted by atomic mass is 10.1. The van der Waals surface area contributed by atoms with E-state index in [4.69, 9.17) is 17.3 Å². The highest BCUT2D eigenvalue weighted by Gasteiger charge is 2.18. The summed E-state index contributed by atoms with van der Waals surface area (Å²) in [7, 11) is 0. The summed E-state index contributed by atoms with van der Waals surface area (Å²) >= 11 is 6.07. The van der Waals surface area contributed by atoms with Gasteiger partial charge in [-0.25, -0.2) is 9.97 Å². The third kappa shape index (κ3) is 3.30. The first-order valence-electron chi connectivity index (χ1n) is 5.51. The number of rotatable bonds is 5. The first kappa shape index (κ1) is 13.7. The van der Waals surface area contributed by atoms with E-state index in [-0.39, 0.29) is 12.5 Å². The third-order valence-corrected chi connectivity index (χ3v) is 2.72. The number of amides is 1. The molecule has 0 spiro atoms. The van der Waals surface area contributed by atoms with Crippen molar-refractivity contribution in [2.45, 2.75) is 26.7 Å². The van der Waals surface area contributed by atoms with E-state index in [0.717, 1.165) is 5.56 Å². The topological polar surface area (TPSA) is 72.1 Å². The number of halogens is 1. The molecular formula is C11H17ClN4O. The summed E-state index contributed by atoms with van der Waals surface area (Å²) in [5.41, 5.74) is 6.06. The van der Waals surface area contributed by atoms with Crippen LogP contribution in [0.2, 0.25) is 5.15 Å². The third-order valence-electron chi connectivity index (χ3n) is 2.42. The largest absolute Gasteiger partial charge is 0.368 e. The fourth-order valence-electron chi connectivity index (χ4n) is 1.64. The summed E-state index contributed by atoms with van der Waals surface area (Å²) in [4.78, 5) is 21.0. The van der Waals surface area contributed by atoms with Crippen LogP contribution in [0.3, 0.4) is 0 Å². The van der Waals surface area contributed by atoms with Gasteiger partial charge in [-0.05, 0) is 12.8 Å². The van der Waals surface area contributed by atoms with Crippen molar-refractivity contribution in [2.24, 2.45) is 5.73 Å². The maximum absolute atomic E-state index is 11.0. The van der Waals surface area contributed by atoms with Crippen molar-refractivity contribution < 1.29 is 4.79 Å². The molecule has 1 amide bonds. The van der Waals surface area contributed by atoms with Crippen LogP contribution in [0.4, 0.5) is 5.82 Å². The lowest BCUT2D eigenvalue weighted by Crippen LogP contribution is -2.35. The minimum atomic E-state index is -0.392. The van der Waals surface area contributed by atoms with Gasteiger partial charge in [-0.1, -0.05) is 25.4 Å². The van der Waals surface area contributed by atoms with Crippen molar-refractivity contribution >= 4 is 23.3 Å². The van der Waals surface area contributed by atoms with Gasteiger partial charge in [0.15, 0.2) is 0 Å². The Labute approximate surface area is 106 Å². The van der Waals surface area contributed by atoms with Gasteiger partial charge < -0.3 is 10.6 Å². The number of anilines is 1. The van der Waals surface area contributed by atoms with Crippen LogP contribution in [-0.4, -0.2) is 29.0 Å². The van der Waals surface area contributed by atoms with Crippen molar-refractivity contribution in [3.63, 3.8) is 0 Å². The van der Waals surface area contributed by atoms with Gasteiger partial charge in [-0.15, -0.1) is 0 Å². The molecule has 6 heteroatoms. The zero-order valence-electron chi connectivity index (χ0n) is 10.3. The molecule has 0 saturated heterocycles. The first-order valence-corrected chi connectivity index (χ1v) is 5.88. The Morgan fingerprint density at radius 1 is 1.53 bits per heavy atom. The normalized spacial score (nSPS) is 10.6. The number of primary amides is 1. The van der Waals surface area contributed by atoms with Crippen LogP contribution in [0.5, 0.6) is 0 Å². The Balaban J connectivity index is 3.18. The van der Waals surface area contributed by atoms with E-state index in [1.807, 2.05) is 20.8 Å². The summed E-state index contributed by atoms with van der Waals surface area (Å²) in [5.74, 6) is 0.471. The minimum absolute atomic E-state index is 0.129. The molecule has 1 rings (SSSR count). The summed E-state index contributed by atoms with van der Waals surface area (Å²) in [5, 5.41) is 0.424. The van der Waals surface area contributed by atoms with Gasteiger partial charge in [0.2, 0.25) is 5.91 Å². The van der Waals surface area contributed by atoms with E-state index in [1.165, 1.54) is 6.33 Å². The molecule has 0 unspecified atom stereocenters. The number of carbonyl (C=O) groups excluding carboxylic acids is 1. The molecule has 0 atom stereocenters. The molecule has 0 aromatic carbocycles. The van der Waals surface area contributed by atoms with Crippen LogP contribution < -0.4 is 10.6 Å². The predicted molar refractivity (Wildman–Crippen MR) is 68.2 cm³/mol. The van der Waals surface area contributed by atoms with Gasteiger partial charge in [0.05, 0.1) is 6.54 Å². The monoisotopic (exact) mass is 256 g/mol. The first-order chi connectivity index (χ1) is 7.97. The number of hydrogen-bond acceptors (Lipinski definition) is 4. The Hall–Kier alpha value is -1.36. The number of aromatic nitrogens is 2. The molecule has 0 radical (unpaired) electrons. The zero-order chi connectivity index (χ0) is 13.0. The lowest BCUT2D eigenvalue weighted by Gasteiger charge is -2.24. The molecule has 5 nitrogen and oxygen atoms in total. The van der Waals surface area contributed by atoms with E-state index in [0.29, 0.717) is 17.5 Å². The molecule has 0 bridgehead atoms. The van der Waals surface area contributed by atoms with Crippen molar-refractivity contribution in [3.05, 3.63) is 17.0 Å². The highest BCUT2D eigenvalue weighted by molar-refractivity contribution is 6.30. The molecule has 0 aliphatic heterocycles. The van der Waals surface area contributed by atoms with E-state index < -0.39 is 5.91 Å². The van der Waals surface area contributed by atoms with Gasteiger partial charge in [0.1, 0.15) is 17.3 Å². The van der Waals surface area contributed by atoms with Crippen molar-refractivity contribution in [1.29, 1.82) is 0 Å². The second-order valence-corrected chi connectivity index (χ2v) is 4.39. The van der Waals surface area contributed by atoms with Crippen LogP contribution in [0, 0.1) is 0 Å². The van der Waals surface area contributed by atoms with Crippen LogP contribution in [0.1, 0.15) is 32.3 Å². The number of nitrogens with zero attached hydrogens (tertiary/aromatic N) is 3. The van der Waals surface area contributed by atoms with Crippen LogP contribution >= 0.6 is 11.6 Å². The lowest BCUT2D eigenvalue weighted by molar-refractivity contribution is -0.116. The predicted octanol–water partition coefficient (Wildman–Crippen LogP) is 1.56. The van der Waals surface area contributed by atoms with Crippen molar-refractivity contribution in [3.8, 4) is 0 Å². The summed E-state index contributed by atoms with van der Waals surface area (Å²) in [6, 6.07) is 0. The fourth-order valence-corrected chi connectivity index (χ4v) is 1.98. The Kier molecular flexibility index (Phi) is 4.69. The number of likely N-dealkylation sites (N-methyl/N-ethyl adjacent to an activating group) is 1. The average Bonchev–Trinajstić information content (AvgIpc) is 2.24. The number of hydrogen-bond donors (Lipinski definition) is 1. The Bertz CT molecular complexity index is 408. The zero-order valence-corrected chi connectivity index (χ0v) is 11.0. The Morgan fingerprint density at radius 2 is 2.18 bits per heavy atom. The molecule has 94 valence electrons. The quantitative estimate of drug-likeness (QED) is 0.812. The second-order valence-electron chi connectivity index (χ2n) is 4.04. The second kappa shape index (κ2) is 5.82. The molecule has 0 aliphatic rings. The van der Waals surface area contributed by atoms with E-state index in [2.05, 4.69) is 9.97 Å². The average molecular weight is 257 g/mol. The summed E-state index contributed by atoms with van der Waals surface area (Å²) in [6.45, 7) is 6.71. The van der Waals surface area contributed by atoms with E-state index in [9.17, 15) is 4.79 Å². The molecule has 0 aliphatic carbocycles. The fraction of sp³-hybridized carbons (Fsp3) is 0.545. The van der Waals surface area contributed by atoms with Gasteiger partial charge in [-0.2, -0.15) is 0 Å². The van der Waals surface area contributed by atoms with E-state index in [1.54, 1.807) is 4.90 Å². The maximum atomic E-state index is 11.0. The van der Waals surface area contributed by atoms with Crippen LogP contribution in [0.15, 0.2) is 6.33 Å². The number of carbonyl (C=O) groups is 1. The van der Waals surface area contributed by atoms with Crippen molar-refractivity contribution in [1.82, 2.24) is 9.97 Å². The standard InChI is InChI=1S/C11H17ClN4O/c1-4-16(5-8(13)17)11-9(7(2)3)10(12)14-6-15-11/h6-7H,4-5H2,1-3H3,(H2,13,17). The molecule has 1 aromatic heterocycles. The highest BCUT2D eigenvalue weighted by atomic mass is 35.5. The van der Waals surface area contributed by atoms with E-state index >= 15 is 0 Å². The van der Waals surface area contributed by atoms with Gasteiger partial charge in [0, 0.05) is 12.1 Å². The number of nitrogens with two attached hydrogens (primary N) is 1. The minimum Gasteiger partial charge on any atom is -0.368 e. The molecule has 17 heavy (non-hydrogen) atoms. The molecule has 1 aromatic rings. The molecule has 2 N–H and O–H groups in total. The molecule has 0 saturated carbocycles. The summed E-state index contributed by atoms with van der Waals surface area (Å²) < 4.78 is 0. The Morgan fingerprint density at radius 3 is 2.65 bits per heavy atom.